The van der Waals surface area contributed by atoms with E-state index in [0.717, 1.165) is 30.8 Å². The smallest absolute Gasteiger partial charge is 0.271 e. The van der Waals surface area contributed by atoms with E-state index in [1.54, 1.807) is 22.8 Å². The molecule has 1 atom stereocenters. The molecule has 2 fully saturated rings. The van der Waals surface area contributed by atoms with Crippen LogP contribution in [0.25, 0.3) is 5.65 Å². The summed E-state index contributed by atoms with van der Waals surface area (Å²) in [6.45, 7) is 1.55. The zero-order chi connectivity index (χ0) is 21.2. The average molecular weight is 422 g/mol. The van der Waals surface area contributed by atoms with Crippen LogP contribution >= 0.6 is 0 Å². The largest absolute Gasteiger partial charge is 0.350 e. The lowest BCUT2D eigenvalue weighted by Crippen LogP contribution is -2.31. The molecule has 3 aromatic rings. The summed E-state index contributed by atoms with van der Waals surface area (Å²) in [5, 5.41) is 7.84. The van der Waals surface area contributed by atoms with Crippen molar-refractivity contribution in [3.63, 3.8) is 0 Å². The van der Waals surface area contributed by atoms with Gasteiger partial charge < -0.3 is 10.2 Å². The van der Waals surface area contributed by atoms with Crippen molar-refractivity contribution in [1.82, 2.24) is 19.9 Å². The second-order valence-corrected chi connectivity index (χ2v) is 8.73. The summed E-state index contributed by atoms with van der Waals surface area (Å²) >= 11 is 0. The minimum atomic E-state index is -0.223. The molecule has 162 valence electrons. The van der Waals surface area contributed by atoms with Gasteiger partial charge in [0.1, 0.15) is 11.6 Å². The molecule has 1 aromatic carbocycles. The molecule has 1 saturated carbocycles. The Morgan fingerprint density at radius 3 is 2.81 bits per heavy atom. The van der Waals surface area contributed by atoms with Gasteiger partial charge in [-0.2, -0.15) is 0 Å². The fourth-order valence-corrected chi connectivity index (χ4v) is 4.99. The minimum Gasteiger partial charge on any atom is -0.350 e. The van der Waals surface area contributed by atoms with E-state index in [4.69, 9.17) is 5.10 Å². The molecule has 31 heavy (non-hydrogen) atoms. The monoisotopic (exact) mass is 421 g/mol. The van der Waals surface area contributed by atoms with E-state index < -0.39 is 0 Å². The summed E-state index contributed by atoms with van der Waals surface area (Å²) in [7, 11) is 0. The van der Waals surface area contributed by atoms with E-state index in [1.807, 2.05) is 18.2 Å². The molecule has 0 bridgehead atoms. The molecular formula is C24H28FN5O. The van der Waals surface area contributed by atoms with Crippen LogP contribution in [0.15, 0.2) is 42.6 Å². The maximum Gasteiger partial charge on any atom is 0.271 e. The van der Waals surface area contributed by atoms with Crippen LogP contribution in [0.2, 0.25) is 0 Å². The number of amides is 1. The molecule has 7 heteroatoms. The summed E-state index contributed by atoms with van der Waals surface area (Å²) in [5.41, 5.74) is 2.05. The predicted octanol–water partition coefficient (Wildman–Crippen LogP) is 4.52. The minimum absolute atomic E-state index is 0.0766. The second-order valence-electron chi connectivity index (χ2n) is 8.73. The first-order valence-corrected chi connectivity index (χ1v) is 11.3. The van der Waals surface area contributed by atoms with Crippen molar-refractivity contribution in [1.29, 1.82) is 0 Å². The van der Waals surface area contributed by atoms with Crippen LogP contribution in [0, 0.1) is 11.7 Å². The number of carbonyl (C=O) groups is 1. The molecule has 5 rings (SSSR count). The number of imidazole rings is 1. The Labute approximate surface area is 181 Å². The first kappa shape index (κ1) is 20.0. The van der Waals surface area contributed by atoms with Gasteiger partial charge in [0.05, 0.1) is 12.2 Å². The van der Waals surface area contributed by atoms with E-state index in [2.05, 4.69) is 15.2 Å². The normalized spacial score (nSPS) is 19.8. The van der Waals surface area contributed by atoms with Crippen LogP contribution < -0.4 is 10.2 Å². The van der Waals surface area contributed by atoms with Crippen molar-refractivity contribution in [2.24, 2.45) is 5.92 Å². The SMILES string of the molecule is O=C(NCC1CCCCC1)c1cnc2ccc(N3CCC[C@@H]3c3cccc(F)c3)nn12. The molecule has 0 radical (unpaired) electrons. The number of nitrogens with one attached hydrogen (secondary N) is 1. The molecular weight excluding hydrogens is 393 g/mol. The number of halogens is 1. The molecule has 1 N–H and O–H groups in total. The Balaban J connectivity index is 1.37. The number of rotatable bonds is 5. The highest BCUT2D eigenvalue weighted by atomic mass is 19.1. The summed E-state index contributed by atoms with van der Waals surface area (Å²) in [6, 6.07) is 10.7. The van der Waals surface area contributed by atoms with E-state index in [0.29, 0.717) is 23.8 Å². The van der Waals surface area contributed by atoms with Gasteiger partial charge in [-0.3, -0.25) is 4.79 Å². The number of anilines is 1. The number of fused-ring (bicyclic) bond motifs is 1. The zero-order valence-electron chi connectivity index (χ0n) is 17.6. The third-order valence-corrected chi connectivity index (χ3v) is 6.64. The molecule has 0 unspecified atom stereocenters. The van der Waals surface area contributed by atoms with Crippen molar-refractivity contribution < 1.29 is 9.18 Å². The molecule has 1 aliphatic heterocycles. The molecule has 1 saturated heterocycles. The van der Waals surface area contributed by atoms with E-state index in [-0.39, 0.29) is 17.8 Å². The fourth-order valence-electron chi connectivity index (χ4n) is 4.99. The molecule has 1 aliphatic carbocycles. The Bertz CT molecular complexity index is 1070. The number of hydrogen-bond acceptors (Lipinski definition) is 4. The molecule has 2 aliphatic rings. The Kier molecular flexibility index (Phi) is 5.57. The third-order valence-electron chi connectivity index (χ3n) is 6.64. The van der Waals surface area contributed by atoms with E-state index >= 15 is 0 Å². The van der Waals surface area contributed by atoms with Gasteiger partial charge in [-0.05, 0) is 61.4 Å². The van der Waals surface area contributed by atoms with Crippen molar-refractivity contribution in [3.05, 3.63) is 59.7 Å². The average Bonchev–Trinajstić information content (AvgIpc) is 3.45. The molecule has 2 aromatic heterocycles. The summed E-state index contributed by atoms with van der Waals surface area (Å²) in [6.07, 6.45) is 9.74. The van der Waals surface area contributed by atoms with Gasteiger partial charge in [0.15, 0.2) is 11.3 Å². The lowest BCUT2D eigenvalue weighted by Gasteiger charge is -2.26. The van der Waals surface area contributed by atoms with Crippen LogP contribution in [0.4, 0.5) is 10.2 Å². The summed E-state index contributed by atoms with van der Waals surface area (Å²) < 4.78 is 15.4. The van der Waals surface area contributed by atoms with Gasteiger partial charge in [0.2, 0.25) is 0 Å². The zero-order valence-corrected chi connectivity index (χ0v) is 17.6. The fraction of sp³-hybridized carbons (Fsp3) is 0.458. The highest BCUT2D eigenvalue weighted by Crippen LogP contribution is 2.35. The number of carbonyl (C=O) groups excluding carboxylic acids is 1. The van der Waals surface area contributed by atoms with Crippen molar-refractivity contribution in [3.8, 4) is 0 Å². The Morgan fingerprint density at radius 1 is 1.10 bits per heavy atom. The van der Waals surface area contributed by atoms with Crippen LogP contribution in [-0.2, 0) is 0 Å². The number of hydrogen-bond donors (Lipinski definition) is 1. The Morgan fingerprint density at radius 2 is 1.97 bits per heavy atom. The maximum absolute atomic E-state index is 13.8. The van der Waals surface area contributed by atoms with Crippen molar-refractivity contribution in [2.45, 2.75) is 51.0 Å². The standard InChI is InChI=1S/C24H28FN5O/c25-19-9-4-8-18(14-19)20-10-5-13-29(20)23-12-11-22-26-16-21(30(22)28-23)24(31)27-15-17-6-2-1-3-7-17/h4,8-9,11-12,14,16-17,20H,1-3,5-7,10,13,15H2,(H,27,31)/t20-/m1/s1. The number of aromatic nitrogens is 3. The molecule has 3 heterocycles. The number of nitrogens with zero attached hydrogens (tertiary/aromatic N) is 4. The lowest BCUT2D eigenvalue weighted by atomic mass is 9.89. The van der Waals surface area contributed by atoms with E-state index in [1.165, 1.54) is 38.2 Å². The first-order valence-electron chi connectivity index (χ1n) is 11.3. The predicted molar refractivity (Wildman–Crippen MR) is 118 cm³/mol. The highest BCUT2D eigenvalue weighted by molar-refractivity contribution is 5.93. The van der Waals surface area contributed by atoms with Gasteiger partial charge in [-0.25, -0.2) is 13.9 Å². The van der Waals surface area contributed by atoms with Gasteiger partial charge in [0, 0.05) is 13.1 Å². The Hall–Kier alpha value is -2.96. The molecule has 6 nitrogen and oxygen atoms in total. The number of benzene rings is 1. The van der Waals surface area contributed by atoms with Crippen LogP contribution in [-0.4, -0.2) is 33.6 Å². The van der Waals surface area contributed by atoms with Crippen molar-refractivity contribution >= 4 is 17.4 Å². The molecule has 0 spiro atoms. The van der Waals surface area contributed by atoms with Crippen LogP contribution in [0.1, 0.15) is 67.0 Å². The van der Waals surface area contributed by atoms with Crippen LogP contribution in [0.3, 0.4) is 0 Å². The third kappa shape index (κ3) is 4.13. The van der Waals surface area contributed by atoms with Gasteiger partial charge in [0.25, 0.3) is 5.91 Å². The second kappa shape index (κ2) is 8.65. The quantitative estimate of drug-likeness (QED) is 0.658. The van der Waals surface area contributed by atoms with Gasteiger partial charge in [-0.1, -0.05) is 31.4 Å². The van der Waals surface area contributed by atoms with E-state index in [9.17, 15) is 9.18 Å². The summed E-state index contributed by atoms with van der Waals surface area (Å²) in [5.74, 6) is 0.987. The molecule has 1 amide bonds. The van der Waals surface area contributed by atoms with Crippen LogP contribution in [0.5, 0.6) is 0 Å². The highest BCUT2D eigenvalue weighted by Gasteiger charge is 2.28. The van der Waals surface area contributed by atoms with Gasteiger partial charge in [-0.15, -0.1) is 5.10 Å². The maximum atomic E-state index is 13.8. The lowest BCUT2D eigenvalue weighted by molar-refractivity contribution is 0.0936. The van der Waals surface area contributed by atoms with Gasteiger partial charge >= 0.3 is 0 Å². The first-order chi connectivity index (χ1) is 15.2. The summed E-state index contributed by atoms with van der Waals surface area (Å²) in [4.78, 5) is 19.4. The topological polar surface area (TPSA) is 62.5 Å². The van der Waals surface area contributed by atoms with Crippen molar-refractivity contribution in [2.75, 3.05) is 18.0 Å².